The monoisotopic (exact) mass is 448 g/mol. The van der Waals surface area contributed by atoms with Gasteiger partial charge in [-0.1, -0.05) is 24.3 Å². The van der Waals surface area contributed by atoms with E-state index in [1.807, 2.05) is 43.3 Å². The van der Waals surface area contributed by atoms with Gasteiger partial charge >= 0.3 is 6.36 Å². The smallest absolute Gasteiger partial charge is 0.406 e. The van der Waals surface area contributed by atoms with Gasteiger partial charge in [0.25, 0.3) is 0 Å². The van der Waals surface area contributed by atoms with E-state index in [1.165, 1.54) is 12.1 Å². The van der Waals surface area contributed by atoms with Crippen LogP contribution in [-0.4, -0.2) is 50.5 Å². The van der Waals surface area contributed by atoms with Gasteiger partial charge in [0.15, 0.2) is 0 Å². The van der Waals surface area contributed by atoms with Crippen LogP contribution in [0.4, 0.5) is 18.9 Å². The maximum absolute atomic E-state index is 12.3. The van der Waals surface area contributed by atoms with Crippen LogP contribution in [0.3, 0.4) is 0 Å². The van der Waals surface area contributed by atoms with Crippen LogP contribution in [0, 0.1) is 0 Å². The summed E-state index contributed by atoms with van der Waals surface area (Å²) in [6, 6.07) is 13.4. The number of nitrogens with zero attached hydrogens (tertiary/aromatic N) is 1. The quantitative estimate of drug-likeness (QED) is 0.560. The molecule has 0 saturated heterocycles. The van der Waals surface area contributed by atoms with Crippen LogP contribution >= 0.6 is 0 Å². The molecule has 2 aromatic rings. The predicted octanol–water partition coefficient (Wildman–Crippen LogP) is 3.94. The first kappa shape index (κ1) is 23.5. The molecule has 172 valence electrons. The lowest BCUT2D eigenvalue weighted by Gasteiger charge is -2.34. The lowest BCUT2D eigenvalue weighted by atomic mass is 10.0. The number of benzene rings is 2. The summed E-state index contributed by atoms with van der Waals surface area (Å²) in [5.74, 6) is -0.208. The number of nitrogens with one attached hydrogen (secondary N) is 3. The van der Waals surface area contributed by atoms with Gasteiger partial charge in [0.05, 0.1) is 0 Å². The molecule has 0 aromatic heterocycles. The lowest BCUT2D eigenvalue weighted by Crippen LogP contribution is -2.46. The summed E-state index contributed by atoms with van der Waals surface area (Å²) in [7, 11) is 3.73. The van der Waals surface area contributed by atoms with E-state index in [9.17, 15) is 18.0 Å². The third-order valence-electron chi connectivity index (χ3n) is 5.38. The summed E-state index contributed by atoms with van der Waals surface area (Å²) in [6.07, 6.45) is -4.12. The number of halogens is 3. The molecule has 9 heteroatoms. The molecule has 0 saturated carbocycles. The summed E-state index contributed by atoms with van der Waals surface area (Å²) in [6.45, 7) is 2.80. The van der Waals surface area contributed by atoms with Crippen LogP contribution in [0.15, 0.2) is 59.8 Å². The summed E-state index contributed by atoms with van der Waals surface area (Å²) in [5, 5.41) is 9.95. The first-order valence-electron chi connectivity index (χ1n) is 10.3. The molecule has 1 aliphatic heterocycles. The highest BCUT2D eigenvalue weighted by molar-refractivity contribution is 5.74. The molecule has 6 nitrogen and oxygen atoms in total. The Balaban J connectivity index is 1.72. The normalized spacial score (nSPS) is 15.4. The van der Waals surface area contributed by atoms with Crippen molar-refractivity contribution in [2.24, 2.45) is 0 Å². The Labute approximate surface area is 185 Å². The predicted molar refractivity (Wildman–Crippen MR) is 118 cm³/mol. The Morgan fingerprint density at radius 3 is 2.12 bits per heavy atom. The van der Waals surface area contributed by atoms with Crippen molar-refractivity contribution in [3.63, 3.8) is 0 Å². The largest absolute Gasteiger partial charge is 0.573 e. The van der Waals surface area contributed by atoms with Gasteiger partial charge in [-0.15, -0.1) is 13.2 Å². The van der Waals surface area contributed by atoms with Crippen molar-refractivity contribution >= 4 is 11.6 Å². The third-order valence-corrected chi connectivity index (χ3v) is 5.38. The second-order valence-electron chi connectivity index (χ2n) is 7.46. The molecule has 3 rings (SSSR count). The number of rotatable bonds is 7. The molecule has 1 unspecified atom stereocenters. The van der Waals surface area contributed by atoms with Gasteiger partial charge < -0.3 is 20.3 Å². The molecule has 32 heavy (non-hydrogen) atoms. The van der Waals surface area contributed by atoms with Crippen LogP contribution in [0.2, 0.25) is 0 Å². The molecule has 0 spiro atoms. The number of hydrogen-bond donors (Lipinski definition) is 3. The summed E-state index contributed by atoms with van der Waals surface area (Å²) in [4.78, 5) is 13.7. The SMILES string of the molecule is CNC1=C(C(NC)Nc2ccc(-c3ccc(OC(F)(F)F)cc3)cc2)CN(C(C)=O)CC1. The van der Waals surface area contributed by atoms with Gasteiger partial charge in [-0.3, -0.25) is 10.1 Å². The number of carbonyl (C=O) groups is 1. The van der Waals surface area contributed by atoms with Gasteiger partial charge in [-0.25, -0.2) is 0 Å². The molecule has 2 aromatic carbocycles. The van der Waals surface area contributed by atoms with E-state index in [1.54, 1.807) is 19.1 Å². The summed E-state index contributed by atoms with van der Waals surface area (Å²) in [5.41, 5.74) is 4.69. The Morgan fingerprint density at radius 1 is 1.03 bits per heavy atom. The zero-order chi connectivity index (χ0) is 23.3. The number of carbonyl (C=O) groups excluding carboxylic acids is 1. The second kappa shape index (κ2) is 9.95. The Kier molecular flexibility index (Phi) is 7.29. The van der Waals surface area contributed by atoms with E-state index in [0.717, 1.165) is 34.5 Å². The Bertz CT molecular complexity index is 957. The van der Waals surface area contributed by atoms with E-state index in [-0.39, 0.29) is 17.8 Å². The molecule has 0 aliphatic carbocycles. The van der Waals surface area contributed by atoms with E-state index in [2.05, 4.69) is 20.7 Å². The maximum atomic E-state index is 12.3. The van der Waals surface area contributed by atoms with Crippen molar-refractivity contribution in [1.82, 2.24) is 15.5 Å². The lowest BCUT2D eigenvalue weighted by molar-refractivity contribution is -0.274. The molecule has 1 heterocycles. The summed E-state index contributed by atoms with van der Waals surface area (Å²) < 4.78 is 40.9. The Hall–Kier alpha value is -3.20. The van der Waals surface area contributed by atoms with Crippen molar-refractivity contribution in [3.05, 3.63) is 59.8 Å². The highest BCUT2D eigenvalue weighted by atomic mass is 19.4. The fourth-order valence-corrected chi connectivity index (χ4v) is 3.72. The average Bonchev–Trinajstić information content (AvgIpc) is 2.77. The minimum absolute atomic E-state index is 0.0449. The van der Waals surface area contributed by atoms with Crippen molar-refractivity contribution in [2.75, 3.05) is 32.5 Å². The van der Waals surface area contributed by atoms with Crippen LogP contribution in [0.25, 0.3) is 11.1 Å². The fourth-order valence-electron chi connectivity index (χ4n) is 3.72. The van der Waals surface area contributed by atoms with Crippen LogP contribution in [0.5, 0.6) is 5.75 Å². The van der Waals surface area contributed by atoms with Crippen LogP contribution in [-0.2, 0) is 4.79 Å². The van der Waals surface area contributed by atoms with Crippen molar-refractivity contribution < 1.29 is 22.7 Å². The van der Waals surface area contributed by atoms with Crippen molar-refractivity contribution in [1.29, 1.82) is 0 Å². The maximum Gasteiger partial charge on any atom is 0.573 e. The standard InChI is InChI=1S/C23H27F3N4O2/c1-15(31)30-13-12-21(27-2)20(14-30)22(28-3)29-18-8-4-16(5-9-18)17-6-10-19(11-7-17)32-23(24,25)26/h4-11,22,27-29H,12-14H2,1-3H3. The number of anilines is 1. The minimum Gasteiger partial charge on any atom is -0.406 e. The number of alkyl halides is 3. The van der Waals surface area contributed by atoms with Gasteiger partial charge in [-0.05, 0) is 42.4 Å². The zero-order valence-corrected chi connectivity index (χ0v) is 18.2. The molecule has 3 N–H and O–H groups in total. The van der Waals surface area contributed by atoms with Crippen LogP contribution in [0.1, 0.15) is 13.3 Å². The van der Waals surface area contributed by atoms with E-state index in [4.69, 9.17) is 0 Å². The van der Waals surface area contributed by atoms with Crippen LogP contribution < -0.4 is 20.7 Å². The number of ether oxygens (including phenoxy) is 1. The first-order chi connectivity index (χ1) is 15.2. The topological polar surface area (TPSA) is 65.6 Å². The third kappa shape index (κ3) is 5.94. The molecule has 1 atom stereocenters. The molecule has 1 amide bonds. The zero-order valence-electron chi connectivity index (χ0n) is 18.2. The van der Waals surface area contributed by atoms with E-state index >= 15 is 0 Å². The molecule has 0 radical (unpaired) electrons. The van der Waals surface area contributed by atoms with Gasteiger partial charge in [0.1, 0.15) is 11.9 Å². The fraction of sp³-hybridized carbons (Fsp3) is 0.348. The molecule has 0 fully saturated rings. The number of amides is 1. The Morgan fingerprint density at radius 2 is 1.62 bits per heavy atom. The molecule has 0 bridgehead atoms. The van der Waals surface area contributed by atoms with Crippen molar-refractivity contribution in [3.8, 4) is 16.9 Å². The van der Waals surface area contributed by atoms with E-state index < -0.39 is 6.36 Å². The number of hydrogen-bond acceptors (Lipinski definition) is 5. The van der Waals surface area contributed by atoms with Crippen molar-refractivity contribution in [2.45, 2.75) is 25.9 Å². The van der Waals surface area contributed by atoms with E-state index in [0.29, 0.717) is 13.1 Å². The van der Waals surface area contributed by atoms with Gasteiger partial charge in [0.2, 0.25) is 5.91 Å². The average molecular weight is 448 g/mol. The highest BCUT2D eigenvalue weighted by Gasteiger charge is 2.31. The number of likely N-dealkylation sites (N-methyl/N-ethyl adjacent to an activating group) is 1. The summed E-state index contributed by atoms with van der Waals surface area (Å²) >= 11 is 0. The minimum atomic E-state index is -4.71. The second-order valence-corrected chi connectivity index (χ2v) is 7.46. The van der Waals surface area contributed by atoms with Gasteiger partial charge in [0, 0.05) is 50.4 Å². The molecular formula is C23H27F3N4O2. The highest BCUT2D eigenvalue weighted by Crippen LogP contribution is 2.28. The molecule has 1 aliphatic rings. The first-order valence-corrected chi connectivity index (χ1v) is 10.3. The van der Waals surface area contributed by atoms with Gasteiger partial charge in [-0.2, -0.15) is 0 Å². The molecular weight excluding hydrogens is 421 g/mol.